The van der Waals surface area contributed by atoms with Crippen LogP contribution in [0.1, 0.15) is 36.8 Å². The molecule has 0 saturated carbocycles. The number of pyridine rings is 1. The van der Waals surface area contributed by atoms with Gasteiger partial charge >= 0.3 is 0 Å². The number of halogens is 1. The number of aromatic nitrogens is 3. The van der Waals surface area contributed by atoms with Gasteiger partial charge in [0.2, 0.25) is 17.6 Å². The number of benzene rings is 1. The fourth-order valence-corrected chi connectivity index (χ4v) is 3.99. The van der Waals surface area contributed by atoms with Crippen molar-refractivity contribution in [3.05, 3.63) is 65.3 Å². The predicted molar refractivity (Wildman–Crippen MR) is 114 cm³/mol. The first kappa shape index (κ1) is 20.5. The largest absolute Gasteiger partial charge is 0.354 e. The van der Waals surface area contributed by atoms with Gasteiger partial charge in [0.25, 0.3) is 0 Å². The van der Waals surface area contributed by atoms with Crippen molar-refractivity contribution >= 4 is 17.5 Å². The highest BCUT2D eigenvalue weighted by Crippen LogP contribution is 2.29. The first-order valence-corrected chi connectivity index (χ1v) is 10.6. The number of hydrogen-bond donors (Lipinski definition) is 1. The number of aryl methyl sites for hydroxylation is 1. The Morgan fingerprint density at radius 1 is 1.17 bits per heavy atom. The number of rotatable bonds is 8. The monoisotopic (exact) mass is 425 g/mol. The molecule has 1 aromatic carbocycles. The molecule has 156 valence electrons. The second-order valence-corrected chi connectivity index (χ2v) is 7.74. The van der Waals surface area contributed by atoms with E-state index in [0.717, 1.165) is 29.2 Å². The molecule has 1 amide bonds. The first-order chi connectivity index (χ1) is 14.7. The molecular weight excluding hydrogens is 402 g/mol. The third kappa shape index (κ3) is 5.04. The molecule has 2 aromatic heterocycles. The lowest BCUT2D eigenvalue weighted by molar-refractivity contribution is -0.121. The zero-order valence-electron chi connectivity index (χ0n) is 16.6. The summed E-state index contributed by atoms with van der Waals surface area (Å²) in [5.74, 6) is 0.898. The van der Waals surface area contributed by atoms with Crippen LogP contribution < -0.4 is 5.32 Å². The summed E-state index contributed by atoms with van der Waals surface area (Å²) in [4.78, 5) is 23.2. The first-order valence-electron chi connectivity index (χ1n) is 10.2. The summed E-state index contributed by atoms with van der Waals surface area (Å²) in [5.41, 5.74) is 1.89. The number of nitrogens with zero attached hydrogens (tertiary/aromatic N) is 4. The van der Waals surface area contributed by atoms with Crippen LogP contribution in [0.5, 0.6) is 0 Å². The molecule has 3 heterocycles. The summed E-state index contributed by atoms with van der Waals surface area (Å²) in [5, 5.41) is 7.76. The van der Waals surface area contributed by atoms with Crippen molar-refractivity contribution < 1.29 is 9.32 Å². The third-order valence-corrected chi connectivity index (χ3v) is 5.65. The Balaban J connectivity index is 1.33. The minimum Gasteiger partial charge on any atom is -0.354 e. The summed E-state index contributed by atoms with van der Waals surface area (Å²) in [6.45, 7) is 2.56. The van der Waals surface area contributed by atoms with E-state index in [1.54, 1.807) is 12.4 Å². The number of amides is 1. The van der Waals surface area contributed by atoms with Gasteiger partial charge in [-0.15, -0.1) is 0 Å². The average Bonchev–Trinajstić information content (AvgIpc) is 3.47. The molecule has 30 heavy (non-hydrogen) atoms. The van der Waals surface area contributed by atoms with Crippen molar-refractivity contribution in [2.75, 3.05) is 19.6 Å². The average molecular weight is 426 g/mol. The van der Waals surface area contributed by atoms with E-state index in [1.165, 1.54) is 12.8 Å². The summed E-state index contributed by atoms with van der Waals surface area (Å²) >= 11 is 6.44. The molecule has 0 radical (unpaired) electrons. The van der Waals surface area contributed by atoms with Crippen molar-refractivity contribution in [1.82, 2.24) is 25.3 Å². The SMILES string of the molecule is O=C(CCc1nc(-c2ccncc2)no1)NCC(c1ccccc1Cl)N1CCCC1. The molecule has 7 nitrogen and oxygen atoms in total. The van der Waals surface area contributed by atoms with Crippen LogP contribution in [0, 0.1) is 0 Å². The Labute approximate surface area is 180 Å². The maximum Gasteiger partial charge on any atom is 0.227 e. The van der Waals surface area contributed by atoms with Gasteiger partial charge in [-0.3, -0.25) is 14.7 Å². The van der Waals surface area contributed by atoms with Gasteiger partial charge in [-0.2, -0.15) is 4.98 Å². The molecule has 1 saturated heterocycles. The van der Waals surface area contributed by atoms with Gasteiger partial charge in [0.15, 0.2) is 0 Å². The van der Waals surface area contributed by atoms with Gasteiger partial charge in [0, 0.05) is 42.4 Å². The Morgan fingerprint density at radius 3 is 2.70 bits per heavy atom. The normalized spacial score (nSPS) is 15.2. The Hall–Kier alpha value is -2.77. The van der Waals surface area contributed by atoms with Crippen molar-refractivity contribution in [3.63, 3.8) is 0 Å². The van der Waals surface area contributed by atoms with Gasteiger partial charge in [-0.05, 0) is 49.7 Å². The second-order valence-electron chi connectivity index (χ2n) is 7.33. The fraction of sp³-hybridized carbons (Fsp3) is 0.364. The van der Waals surface area contributed by atoms with Crippen molar-refractivity contribution in [3.8, 4) is 11.4 Å². The molecule has 1 N–H and O–H groups in total. The fourth-order valence-electron chi connectivity index (χ4n) is 3.73. The lowest BCUT2D eigenvalue weighted by Crippen LogP contribution is -2.37. The molecule has 0 aliphatic carbocycles. The molecule has 1 unspecified atom stereocenters. The van der Waals surface area contributed by atoms with Gasteiger partial charge in [0.05, 0.1) is 6.04 Å². The lowest BCUT2D eigenvalue weighted by atomic mass is 10.1. The summed E-state index contributed by atoms with van der Waals surface area (Å²) in [7, 11) is 0. The maximum atomic E-state index is 12.5. The van der Waals surface area contributed by atoms with E-state index in [-0.39, 0.29) is 18.4 Å². The van der Waals surface area contributed by atoms with Crippen LogP contribution in [-0.4, -0.2) is 45.6 Å². The zero-order valence-corrected chi connectivity index (χ0v) is 17.4. The van der Waals surface area contributed by atoms with E-state index >= 15 is 0 Å². The smallest absolute Gasteiger partial charge is 0.227 e. The summed E-state index contributed by atoms with van der Waals surface area (Å²) in [6.07, 6.45) is 6.37. The highest BCUT2D eigenvalue weighted by Gasteiger charge is 2.25. The maximum absolute atomic E-state index is 12.5. The Kier molecular flexibility index (Phi) is 6.71. The van der Waals surface area contributed by atoms with Gasteiger partial charge in [-0.25, -0.2) is 0 Å². The van der Waals surface area contributed by atoms with E-state index < -0.39 is 0 Å². The predicted octanol–water partition coefficient (Wildman–Crippen LogP) is 3.67. The molecule has 3 aromatic rings. The Morgan fingerprint density at radius 2 is 1.93 bits per heavy atom. The van der Waals surface area contributed by atoms with Crippen LogP contribution in [-0.2, 0) is 11.2 Å². The number of nitrogens with one attached hydrogen (secondary N) is 1. The minimum atomic E-state index is -0.0464. The van der Waals surface area contributed by atoms with Gasteiger partial charge in [-0.1, -0.05) is 35.0 Å². The lowest BCUT2D eigenvalue weighted by Gasteiger charge is -2.29. The number of carbonyl (C=O) groups excluding carboxylic acids is 1. The molecule has 8 heteroatoms. The van der Waals surface area contributed by atoms with Crippen LogP contribution in [0.4, 0.5) is 0 Å². The van der Waals surface area contributed by atoms with Crippen molar-refractivity contribution in [1.29, 1.82) is 0 Å². The zero-order chi connectivity index (χ0) is 20.8. The molecular formula is C22H24ClN5O2. The third-order valence-electron chi connectivity index (χ3n) is 5.31. The van der Waals surface area contributed by atoms with Crippen LogP contribution in [0.15, 0.2) is 53.3 Å². The van der Waals surface area contributed by atoms with Crippen molar-refractivity contribution in [2.45, 2.75) is 31.7 Å². The number of carbonyl (C=O) groups is 1. The van der Waals surface area contributed by atoms with Crippen LogP contribution in [0.3, 0.4) is 0 Å². The van der Waals surface area contributed by atoms with Crippen molar-refractivity contribution in [2.24, 2.45) is 0 Å². The highest BCUT2D eigenvalue weighted by atomic mass is 35.5. The van der Waals surface area contributed by atoms with E-state index in [9.17, 15) is 4.79 Å². The number of hydrogen-bond acceptors (Lipinski definition) is 6. The number of likely N-dealkylation sites (tertiary alicyclic amines) is 1. The standard InChI is InChI=1S/C22H24ClN5O2/c23-18-6-2-1-5-17(18)19(28-13-3-4-14-28)15-25-20(29)7-8-21-26-22(27-30-21)16-9-11-24-12-10-16/h1-2,5-6,9-12,19H,3-4,7-8,13-15H2,(H,25,29). The van der Waals surface area contributed by atoms with E-state index in [0.29, 0.717) is 24.7 Å². The molecule has 1 aliphatic heterocycles. The minimum absolute atomic E-state index is 0.0464. The molecule has 0 bridgehead atoms. The topological polar surface area (TPSA) is 84.1 Å². The van der Waals surface area contributed by atoms with E-state index in [2.05, 4.69) is 25.3 Å². The molecule has 4 rings (SSSR count). The van der Waals surface area contributed by atoms with Crippen LogP contribution in [0.25, 0.3) is 11.4 Å². The molecule has 0 spiro atoms. The van der Waals surface area contributed by atoms with Gasteiger partial charge < -0.3 is 9.84 Å². The molecule has 1 atom stereocenters. The molecule has 1 aliphatic rings. The van der Waals surface area contributed by atoms with E-state index in [1.807, 2.05) is 36.4 Å². The van der Waals surface area contributed by atoms with Crippen LogP contribution >= 0.6 is 11.6 Å². The quantitative estimate of drug-likeness (QED) is 0.592. The highest BCUT2D eigenvalue weighted by molar-refractivity contribution is 6.31. The second kappa shape index (κ2) is 9.82. The van der Waals surface area contributed by atoms with Gasteiger partial charge in [0.1, 0.15) is 0 Å². The Bertz CT molecular complexity index is 972. The summed E-state index contributed by atoms with van der Waals surface area (Å²) in [6, 6.07) is 11.6. The van der Waals surface area contributed by atoms with E-state index in [4.69, 9.17) is 16.1 Å². The molecule has 1 fully saturated rings. The summed E-state index contributed by atoms with van der Waals surface area (Å²) < 4.78 is 5.27. The van der Waals surface area contributed by atoms with Crippen LogP contribution in [0.2, 0.25) is 5.02 Å².